The van der Waals surface area contributed by atoms with Crippen molar-refractivity contribution in [2.24, 2.45) is 5.92 Å². The molecule has 21 heavy (non-hydrogen) atoms. The average Bonchev–Trinajstić information content (AvgIpc) is 2.93. The SMILES string of the molecule is CCN(CCC1CCCC1=O)c1cccc2ccccc12. The van der Waals surface area contributed by atoms with E-state index >= 15 is 0 Å². The topological polar surface area (TPSA) is 20.3 Å². The molecule has 1 fully saturated rings. The van der Waals surface area contributed by atoms with E-state index in [2.05, 4.69) is 54.3 Å². The summed E-state index contributed by atoms with van der Waals surface area (Å²) in [5.74, 6) is 0.776. The highest BCUT2D eigenvalue weighted by Gasteiger charge is 2.24. The van der Waals surface area contributed by atoms with E-state index in [0.29, 0.717) is 11.7 Å². The van der Waals surface area contributed by atoms with E-state index in [9.17, 15) is 4.79 Å². The number of rotatable bonds is 5. The van der Waals surface area contributed by atoms with Crippen LogP contribution in [0.1, 0.15) is 32.6 Å². The van der Waals surface area contributed by atoms with Crippen LogP contribution in [0.3, 0.4) is 0 Å². The van der Waals surface area contributed by atoms with Crippen LogP contribution in [0.2, 0.25) is 0 Å². The van der Waals surface area contributed by atoms with Gasteiger partial charge in [0.1, 0.15) is 5.78 Å². The third-order valence-electron chi connectivity index (χ3n) is 4.67. The van der Waals surface area contributed by atoms with Gasteiger partial charge in [0.2, 0.25) is 0 Å². The van der Waals surface area contributed by atoms with Gasteiger partial charge in [-0.3, -0.25) is 4.79 Å². The Morgan fingerprint density at radius 2 is 1.95 bits per heavy atom. The minimum Gasteiger partial charge on any atom is -0.371 e. The summed E-state index contributed by atoms with van der Waals surface area (Å²) in [5, 5.41) is 2.59. The Hall–Kier alpha value is -1.83. The maximum absolute atomic E-state index is 11.8. The molecule has 2 nitrogen and oxygen atoms in total. The molecule has 0 N–H and O–H groups in total. The van der Waals surface area contributed by atoms with Crippen LogP contribution >= 0.6 is 0 Å². The molecule has 2 aromatic carbocycles. The first-order valence-electron chi connectivity index (χ1n) is 8.05. The Morgan fingerprint density at radius 3 is 2.71 bits per heavy atom. The highest BCUT2D eigenvalue weighted by Crippen LogP contribution is 2.29. The van der Waals surface area contributed by atoms with Gasteiger partial charge < -0.3 is 4.90 Å². The average molecular weight is 281 g/mol. The molecule has 2 heteroatoms. The fourth-order valence-electron chi connectivity index (χ4n) is 3.44. The summed E-state index contributed by atoms with van der Waals surface area (Å²) >= 11 is 0. The fourth-order valence-corrected chi connectivity index (χ4v) is 3.44. The molecule has 0 radical (unpaired) electrons. The number of hydrogen-bond donors (Lipinski definition) is 0. The fraction of sp³-hybridized carbons (Fsp3) is 0.421. The van der Waals surface area contributed by atoms with Gasteiger partial charge in [-0.2, -0.15) is 0 Å². The van der Waals surface area contributed by atoms with E-state index < -0.39 is 0 Å². The molecule has 0 bridgehead atoms. The van der Waals surface area contributed by atoms with Crippen molar-refractivity contribution in [1.82, 2.24) is 0 Å². The number of benzene rings is 2. The molecule has 1 atom stereocenters. The number of fused-ring (bicyclic) bond motifs is 1. The first-order chi connectivity index (χ1) is 10.3. The molecular formula is C19H23NO. The predicted octanol–water partition coefficient (Wildman–Crippen LogP) is 4.43. The van der Waals surface area contributed by atoms with E-state index in [0.717, 1.165) is 38.8 Å². The summed E-state index contributed by atoms with van der Waals surface area (Å²) in [5.41, 5.74) is 1.29. The van der Waals surface area contributed by atoms with Gasteiger partial charge in [-0.25, -0.2) is 0 Å². The second-order valence-corrected chi connectivity index (χ2v) is 5.92. The maximum atomic E-state index is 11.8. The number of carbonyl (C=O) groups excluding carboxylic acids is 1. The van der Waals surface area contributed by atoms with E-state index in [1.165, 1.54) is 16.5 Å². The van der Waals surface area contributed by atoms with Crippen LogP contribution in [-0.4, -0.2) is 18.9 Å². The van der Waals surface area contributed by atoms with Gasteiger partial charge in [-0.05, 0) is 37.6 Å². The first-order valence-corrected chi connectivity index (χ1v) is 8.05. The van der Waals surface area contributed by atoms with Crippen molar-refractivity contribution >= 4 is 22.2 Å². The lowest BCUT2D eigenvalue weighted by Crippen LogP contribution is -2.26. The molecule has 110 valence electrons. The predicted molar refractivity (Wildman–Crippen MR) is 88.8 cm³/mol. The first kappa shape index (κ1) is 14.1. The van der Waals surface area contributed by atoms with E-state index in [1.807, 2.05) is 0 Å². The zero-order chi connectivity index (χ0) is 14.7. The van der Waals surface area contributed by atoms with Crippen molar-refractivity contribution in [3.8, 4) is 0 Å². The molecule has 0 saturated heterocycles. The van der Waals surface area contributed by atoms with Crippen molar-refractivity contribution in [3.63, 3.8) is 0 Å². The quantitative estimate of drug-likeness (QED) is 0.808. The van der Waals surface area contributed by atoms with Gasteiger partial charge >= 0.3 is 0 Å². The van der Waals surface area contributed by atoms with Crippen LogP contribution in [0.25, 0.3) is 10.8 Å². The normalized spacial score (nSPS) is 18.3. The van der Waals surface area contributed by atoms with Gasteiger partial charge in [0, 0.05) is 36.5 Å². The zero-order valence-corrected chi connectivity index (χ0v) is 12.7. The summed E-state index contributed by atoms with van der Waals surface area (Å²) in [7, 11) is 0. The second-order valence-electron chi connectivity index (χ2n) is 5.92. The lowest BCUT2D eigenvalue weighted by Gasteiger charge is -2.26. The molecule has 1 aliphatic carbocycles. The monoisotopic (exact) mass is 281 g/mol. The molecule has 1 saturated carbocycles. The van der Waals surface area contributed by atoms with Crippen molar-refractivity contribution < 1.29 is 4.79 Å². The van der Waals surface area contributed by atoms with Crippen molar-refractivity contribution in [2.75, 3.05) is 18.0 Å². The van der Waals surface area contributed by atoms with Crippen molar-refractivity contribution in [3.05, 3.63) is 42.5 Å². The molecule has 1 unspecified atom stereocenters. The molecule has 0 heterocycles. The van der Waals surface area contributed by atoms with E-state index in [4.69, 9.17) is 0 Å². The van der Waals surface area contributed by atoms with E-state index in [1.54, 1.807) is 0 Å². The third-order valence-corrected chi connectivity index (χ3v) is 4.67. The van der Waals surface area contributed by atoms with Crippen LogP contribution in [-0.2, 0) is 4.79 Å². The van der Waals surface area contributed by atoms with Gasteiger partial charge in [-0.1, -0.05) is 36.4 Å². The number of anilines is 1. The number of ketones is 1. The maximum Gasteiger partial charge on any atom is 0.136 e. The van der Waals surface area contributed by atoms with Crippen molar-refractivity contribution in [2.45, 2.75) is 32.6 Å². The van der Waals surface area contributed by atoms with Crippen molar-refractivity contribution in [1.29, 1.82) is 0 Å². The Morgan fingerprint density at radius 1 is 1.14 bits per heavy atom. The van der Waals surface area contributed by atoms with Crippen LogP contribution in [0, 0.1) is 5.92 Å². The standard InChI is InChI=1S/C19H23NO/c1-2-20(14-13-16-9-6-12-19(16)21)18-11-5-8-15-7-3-4-10-17(15)18/h3-5,7-8,10-11,16H,2,6,9,12-14H2,1H3. The van der Waals surface area contributed by atoms with Crippen LogP contribution in [0.5, 0.6) is 0 Å². The van der Waals surface area contributed by atoms with Gasteiger partial charge in [0.05, 0.1) is 0 Å². The zero-order valence-electron chi connectivity index (χ0n) is 12.7. The highest BCUT2D eigenvalue weighted by molar-refractivity contribution is 5.94. The molecule has 0 amide bonds. The van der Waals surface area contributed by atoms with Gasteiger partial charge in [0.25, 0.3) is 0 Å². The van der Waals surface area contributed by atoms with Crippen LogP contribution in [0.15, 0.2) is 42.5 Å². The largest absolute Gasteiger partial charge is 0.371 e. The number of hydrogen-bond acceptors (Lipinski definition) is 2. The molecule has 0 aromatic heterocycles. The minimum atomic E-state index is 0.300. The summed E-state index contributed by atoms with van der Waals surface area (Å²) in [4.78, 5) is 14.2. The lowest BCUT2D eigenvalue weighted by atomic mass is 10.0. The molecule has 3 rings (SSSR count). The Bertz CT molecular complexity index is 629. The molecular weight excluding hydrogens is 258 g/mol. The second kappa shape index (κ2) is 6.30. The Labute approximate surface area is 126 Å². The number of nitrogens with zero attached hydrogens (tertiary/aromatic N) is 1. The van der Waals surface area contributed by atoms with Gasteiger partial charge in [0.15, 0.2) is 0 Å². The number of carbonyl (C=O) groups is 1. The third kappa shape index (κ3) is 2.94. The van der Waals surface area contributed by atoms with Gasteiger partial charge in [-0.15, -0.1) is 0 Å². The van der Waals surface area contributed by atoms with E-state index in [-0.39, 0.29) is 0 Å². The van der Waals surface area contributed by atoms with Crippen LogP contribution in [0.4, 0.5) is 5.69 Å². The molecule has 1 aliphatic rings. The lowest BCUT2D eigenvalue weighted by molar-refractivity contribution is -0.120. The van der Waals surface area contributed by atoms with Crippen LogP contribution < -0.4 is 4.90 Å². The minimum absolute atomic E-state index is 0.300. The Balaban J connectivity index is 1.80. The summed E-state index contributed by atoms with van der Waals surface area (Å²) in [6, 6.07) is 15.0. The smallest absolute Gasteiger partial charge is 0.136 e. The summed E-state index contributed by atoms with van der Waals surface area (Å²) in [6.45, 7) is 4.15. The Kier molecular flexibility index (Phi) is 4.23. The number of Topliss-reactive ketones (excluding diaryl/α,β-unsaturated/α-hetero) is 1. The highest BCUT2D eigenvalue weighted by atomic mass is 16.1. The molecule has 0 aliphatic heterocycles. The summed E-state index contributed by atoms with van der Waals surface area (Å²) in [6.07, 6.45) is 3.97. The molecule has 0 spiro atoms. The summed E-state index contributed by atoms with van der Waals surface area (Å²) < 4.78 is 0. The molecule has 2 aromatic rings.